The summed E-state index contributed by atoms with van der Waals surface area (Å²) in [6.07, 6.45) is 4.04. The van der Waals surface area contributed by atoms with E-state index in [0.717, 1.165) is 31.2 Å². The highest BCUT2D eigenvalue weighted by atomic mass is 16.3. The molecule has 1 fully saturated rings. The molecule has 82 valence electrons. The molecule has 0 radical (unpaired) electrons. The minimum absolute atomic E-state index is 0.550. The summed E-state index contributed by atoms with van der Waals surface area (Å²) in [5.74, 6) is 0.654. The second kappa shape index (κ2) is 3.97. The standard InChI is InChI=1S/C14H20O/c1-3-12-4-6-13(7-5-12)14(15)9-8-11(2)10-14/h4-7,11,15H,3,8-10H2,1-2H3/t11-,14+/m0/s1. The van der Waals surface area contributed by atoms with E-state index >= 15 is 0 Å². The molecule has 15 heavy (non-hydrogen) atoms. The van der Waals surface area contributed by atoms with Crippen molar-refractivity contribution in [1.29, 1.82) is 0 Å². The maximum absolute atomic E-state index is 10.5. The molecule has 0 saturated heterocycles. The van der Waals surface area contributed by atoms with Gasteiger partial charge >= 0.3 is 0 Å². The Bertz CT molecular complexity index is 328. The zero-order valence-corrected chi connectivity index (χ0v) is 9.66. The molecule has 0 aromatic heterocycles. The predicted octanol–water partition coefficient (Wildman–Crippen LogP) is 3.26. The first-order valence-corrected chi connectivity index (χ1v) is 5.96. The van der Waals surface area contributed by atoms with Gasteiger partial charge in [-0.3, -0.25) is 0 Å². The first-order chi connectivity index (χ1) is 7.14. The molecule has 1 aromatic rings. The van der Waals surface area contributed by atoms with Crippen LogP contribution in [-0.2, 0) is 12.0 Å². The third-order valence-corrected chi connectivity index (χ3v) is 3.64. The lowest BCUT2D eigenvalue weighted by molar-refractivity contribution is 0.0408. The fourth-order valence-electron chi connectivity index (χ4n) is 2.58. The van der Waals surface area contributed by atoms with Gasteiger partial charge in [-0.2, -0.15) is 0 Å². The quantitative estimate of drug-likeness (QED) is 0.784. The van der Waals surface area contributed by atoms with Gasteiger partial charge in [0.1, 0.15) is 0 Å². The van der Waals surface area contributed by atoms with E-state index in [1.807, 2.05) is 0 Å². The minimum Gasteiger partial charge on any atom is -0.385 e. The Balaban J connectivity index is 2.22. The Morgan fingerprint density at radius 2 is 2.00 bits per heavy atom. The zero-order valence-electron chi connectivity index (χ0n) is 9.66. The van der Waals surface area contributed by atoms with Crippen molar-refractivity contribution in [3.8, 4) is 0 Å². The minimum atomic E-state index is -0.550. The van der Waals surface area contributed by atoms with Crippen LogP contribution in [0, 0.1) is 5.92 Å². The van der Waals surface area contributed by atoms with Gasteiger partial charge in [0.25, 0.3) is 0 Å². The van der Waals surface area contributed by atoms with Crippen molar-refractivity contribution in [3.05, 3.63) is 35.4 Å². The zero-order chi connectivity index (χ0) is 10.9. The number of hydrogen-bond donors (Lipinski definition) is 1. The number of aliphatic hydroxyl groups is 1. The summed E-state index contributed by atoms with van der Waals surface area (Å²) in [5, 5.41) is 10.5. The Morgan fingerprint density at radius 1 is 1.33 bits per heavy atom. The monoisotopic (exact) mass is 204 g/mol. The van der Waals surface area contributed by atoms with Crippen LogP contribution in [0.1, 0.15) is 44.2 Å². The first kappa shape index (κ1) is 10.7. The van der Waals surface area contributed by atoms with E-state index in [0.29, 0.717) is 5.92 Å². The first-order valence-electron chi connectivity index (χ1n) is 5.96. The molecule has 0 spiro atoms. The van der Waals surface area contributed by atoms with E-state index < -0.39 is 5.60 Å². The normalized spacial score (nSPS) is 30.7. The third kappa shape index (κ3) is 2.07. The Hall–Kier alpha value is -0.820. The van der Waals surface area contributed by atoms with Gasteiger partial charge < -0.3 is 5.11 Å². The van der Waals surface area contributed by atoms with Crippen molar-refractivity contribution in [1.82, 2.24) is 0 Å². The topological polar surface area (TPSA) is 20.2 Å². The van der Waals surface area contributed by atoms with E-state index in [-0.39, 0.29) is 0 Å². The number of rotatable bonds is 2. The molecule has 1 aliphatic carbocycles. The summed E-state index contributed by atoms with van der Waals surface area (Å²) in [4.78, 5) is 0. The summed E-state index contributed by atoms with van der Waals surface area (Å²) < 4.78 is 0. The third-order valence-electron chi connectivity index (χ3n) is 3.64. The summed E-state index contributed by atoms with van der Waals surface area (Å²) >= 11 is 0. The molecule has 2 atom stereocenters. The van der Waals surface area contributed by atoms with Gasteiger partial charge in [0, 0.05) is 0 Å². The molecule has 1 aromatic carbocycles. The number of aryl methyl sites for hydroxylation is 1. The molecule has 1 nitrogen and oxygen atoms in total. The fraction of sp³-hybridized carbons (Fsp3) is 0.571. The van der Waals surface area contributed by atoms with Gasteiger partial charge in [0.15, 0.2) is 0 Å². The highest BCUT2D eigenvalue weighted by molar-refractivity contribution is 5.28. The van der Waals surface area contributed by atoms with Crippen LogP contribution in [-0.4, -0.2) is 5.11 Å². The Labute approximate surface area is 92.1 Å². The van der Waals surface area contributed by atoms with E-state index in [1.54, 1.807) is 0 Å². The average Bonchev–Trinajstić information content (AvgIpc) is 2.60. The van der Waals surface area contributed by atoms with Gasteiger partial charge in [-0.15, -0.1) is 0 Å². The van der Waals surface area contributed by atoms with Gasteiger partial charge in [0.2, 0.25) is 0 Å². The van der Waals surface area contributed by atoms with Crippen LogP contribution in [0.2, 0.25) is 0 Å². The lowest BCUT2D eigenvalue weighted by Gasteiger charge is -2.23. The highest BCUT2D eigenvalue weighted by Gasteiger charge is 2.36. The summed E-state index contributed by atoms with van der Waals surface area (Å²) in [7, 11) is 0. The van der Waals surface area contributed by atoms with Crippen molar-refractivity contribution in [2.24, 2.45) is 5.92 Å². The second-order valence-corrected chi connectivity index (χ2v) is 4.93. The van der Waals surface area contributed by atoms with E-state index in [9.17, 15) is 5.11 Å². The van der Waals surface area contributed by atoms with Crippen molar-refractivity contribution >= 4 is 0 Å². The predicted molar refractivity (Wildman–Crippen MR) is 62.7 cm³/mol. The maximum Gasteiger partial charge on any atom is 0.0899 e. The fourth-order valence-corrected chi connectivity index (χ4v) is 2.58. The highest BCUT2D eigenvalue weighted by Crippen LogP contribution is 2.41. The van der Waals surface area contributed by atoms with Crippen molar-refractivity contribution in [3.63, 3.8) is 0 Å². The van der Waals surface area contributed by atoms with Crippen molar-refractivity contribution in [2.75, 3.05) is 0 Å². The molecule has 2 rings (SSSR count). The molecular formula is C14H20O. The smallest absolute Gasteiger partial charge is 0.0899 e. The summed E-state index contributed by atoms with van der Waals surface area (Å²) in [5.41, 5.74) is 1.89. The molecule has 0 heterocycles. The largest absolute Gasteiger partial charge is 0.385 e. The van der Waals surface area contributed by atoms with Crippen LogP contribution in [0.4, 0.5) is 0 Å². The molecule has 0 aliphatic heterocycles. The number of hydrogen-bond acceptors (Lipinski definition) is 1. The van der Waals surface area contributed by atoms with Gasteiger partial charge in [-0.25, -0.2) is 0 Å². The van der Waals surface area contributed by atoms with Gasteiger partial charge in [-0.05, 0) is 42.7 Å². The van der Waals surface area contributed by atoms with E-state index in [2.05, 4.69) is 38.1 Å². The maximum atomic E-state index is 10.5. The molecule has 0 amide bonds. The average molecular weight is 204 g/mol. The second-order valence-electron chi connectivity index (χ2n) is 4.93. The lowest BCUT2D eigenvalue weighted by Crippen LogP contribution is -2.21. The van der Waals surface area contributed by atoms with Crippen molar-refractivity contribution in [2.45, 2.75) is 45.1 Å². The SMILES string of the molecule is CCc1ccc([C@@]2(O)CC[C@H](C)C2)cc1. The molecular weight excluding hydrogens is 184 g/mol. The van der Waals surface area contributed by atoms with Crippen LogP contribution in [0.3, 0.4) is 0 Å². The van der Waals surface area contributed by atoms with Gasteiger partial charge in [0.05, 0.1) is 5.60 Å². The van der Waals surface area contributed by atoms with Crippen LogP contribution in [0.5, 0.6) is 0 Å². The lowest BCUT2D eigenvalue weighted by atomic mass is 9.90. The molecule has 0 bridgehead atoms. The molecule has 0 unspecified atom stereocenters. The molecule has 1 saturated carbocycles. The van der Waals surface area contributed by atoms with Crippen LogP contribution >= 0.6 is 0 Å². The van der Waals surface area contributed by atoms with E-state index in [4.69, 9.17) is 0 Å². The van der Waals surface area contributed by atoms with Crippen LogP contribution in [0.25, 0.3) is 0 Å². The number of benzene rings is 1. The van der Waals surface area contributed by atoms with Gasteiger partial charge in [-0.1, -0.05) is 38.1 Å². The summed E-state index contributed by atoms with van der Waals surface area (Å²) in [6, 6.07) is 8.46. The van der Waals surface area contributed by atoms with Crippen molar-refractivity contribution < 1.29 is 5.11 Å². The Kier molecular flexibility index (Phi) is 2.83. The van der Waals surface area contributed by atoms with E-state index in [1.165, 1.54) is 5.56 Å². The Morgan fingerprint density at radius 3 is 2.47 bits per heavy atom. The summed E-state index contributed by atoms with van der Waals surface area (Å²) in [6.45, 7) is 4.37. The van der Waals surface area contributed by atoms with Crippen LogP contribution < -0.4 is 0 Å². The molecule has 1 aliphatic rings. The molecule has 1 heteroatoms. The van der Waals surface area contributed by atoms with Crippen LogP contribution in [0.15, 0.2) is 24.3 Å². The molecule has 1 N–H and O–H groups in total.